The second-order valence-electron chi connectivity index (χ2n) is 6.48. The van der Waals surface area contributed by atoms with E-state index in [1.54, 1.807) is 0 Å². The van der Waals surface area contributed by atoms with Crippen LogP contribution in [0.25, 0.3) is 11.0 Å². The van der Waals surface area contributed by atoms with Crippen LogP contribution < -0.4 is 0 Å². The Morgan fingerprint density at radius 3 is 2.65 bits per heavy atom. The van der Waals surface area contributed by atoms with Crippen molar-refractivity contribution in [2.24, 2.45) is 11.3 Å². The van der Waals surface area contributed by atoms with Crippen molar-refractivity contribution in [1.29, 1.82) is 0 Å². The van der Waals surface area contributed by atoms with Gasteiger partial charge in [-0.15, -0.1) is 11.6 Å². The molecule has 2 rings (SSSR count). The number of hydrogen-bond donors (Lipinski definition) is 0. The lowest BCUT2D eigenvalue weighted by atomic mass is 9.82. The first-order valence-electron chi connectivity index (χ1n) is 7.03. The van der Waals surface area contributed by atoms with E-state index in [1.807, 2.05) is 0 Å². The monoisotopic (exact) mass is 404 g/mol. The summed E-state index contributed by atoms with van der Waals surface area (Å²) in [5, 5.41) is 0. The molecule has 20 heavy (non-hydrogen) atoms. The average molecular weight is 405 g/mol. The Hall–Kier alpha value is -0.290. The van der Waals surface area contributed by atoms with Crippen molar-refractivity contribution in [2.45, 2.75) is 40.7 Å². The van der Waals surface area contributed by atoms with Gasteiger partial charge in [0.05, 0.1) is 11.0 Å². The molecular weight excluding hydrogens is 383 g/mol. The van der Waals surface area contributed by atoms with Crippen LogP contribution in [0.15, 0.2) is 18.2 Å². The molecule has 0 spiro atoms. The van der Waals surface area contributed by atoms with Crippen LogP contribution >= 0.6 is 34.2 Å². The predicted octanol–water partition coefficient (Wildman–Crippen LogP) is 5.10. The van der Waals surface area contributed by atoms with Gasteiger partial charge in [0.1, 0.15) is 5.82 Å². The van der Waals surface area contributed by atoms with Crippen LogP contribution in [0.3, 0.4) is 0 Å². The van der Waals surface area contributed by atoms with E-state index in [-0.39, 0.29) is 5.41 Å². The fourth-order valence-electron chi connectivity index (χ4n) is 2.18. The first-order chi connectivity index (χ1) is 9.32. The lowest BCUT2D eigenvalue weighted by Crippen LogP contribution is -2.23. The van der Waals surface area contributed by atoms with Gasteiger partial charge in [-0.3, -0.25) is 0 Å². The number of rotatable bonds is 4. The minimum Gasteiger partial charge on any atom is -0.328 e. The molecule has 0 saturated carbocycles. The summed E-state index contributed by atoms with van der Waals surface area (Å²) in [6.45, 7) is 10.2. The minimum atomic E-state index is 0.290. The van der Waals surface area contributed by atoms with E-state index in [1.165, 1.54) is 9.09 Å². The van der Waals surface area contributed by atoms with Gasteiger partial charge in [-0.05, 0) is 52.1 Å². The molecule has 1 heterocycles. The highest BCUT2D eigenvalue weighted by molar-refractivity contribution is 14.1. The maximum absolute atomic E-state index is 5.94. The molecule has 1 aromatic heterocycles. The molecule has 2 nitrogen and oxygen atoms in total. The van der Waals surface area contributed by atoms with Crippen LogP contribution in [0.2, 0.25) is 0 Å². The number of nitrogens with zero attached hydrogens (tertiary/aromatic N) is 2. The van der Waals surface area contributed by atoms with E-state index < -0.39 is 0 Å². The standard InChI is InChI=1S/C16H22ClIN2/c1-11(16(2,3)4)10-20-14-6-5-12(18)9-13(14)19-15(20)7-8-17/h5-6,9,11H,7-8,10H2,1-4H3. The number of fused-ring (bicyclic) bond motifs is 1. The Labute approximate surface area is 140 Å². The largest absolute Gasteiger partial charge is 0.328 e. The lowest BCUT2D eigenvalue weighted by molar-refractivity contribution is 0.233. The van der Waals surface area contributed by atoms with Gasteiger partial charge in [0.15, 0.2) is 0 Å². The Morgan fingerprint density at radius 2 is 2.05 bits per heavy atom. The third-order valence-electron chi connectivity index (χ3n) is 4.04. The second kappa shape index (κ2) is 6.22. The van der Waals surface area contributed by atoms with Crippen molar-refractivity contribution in [3.63, 3.8) is 0 Å². The molecule has 0 aliphatic carbocycles. The van der Waals surface area contributed by atoms with Gasteiger partial charge in [0, 0.05) is 22.4 Å². The quantitative estimate of drug-likeness (QED) is 0.512. The second-order valence-corrected chi connectivity index (χ2v) is 8.10. The predicted molar refractivity (Wildman–Crippen MR) is 95.5 cm³/mol. The highest BCUT2D eigenvalue weighted by Crippen LogP contribution is 2.29. The van der Waals surface area contributed by atoms with Gasteiger partial charge >= 0.3 is 0 Å². The summed E-state index contributed by atoms with van der Waals surface area (Å²) in [5.41, 5.74) is 2.60. The number of hydrogen-bond acceptors (Lipinski definition) is 1. The SMILES string of the molecule is CC(Cn1c(CCCl)nc2cc(I)ccc21)C(C)(C)C. The van der Waals surface area contributed by atoms with E-state index in [4.69, 9.17) is 16.6 Å². The maximum atomic E-state index is 5.94. The number of aryl methyl sites for hydroxylation is 1. The van der Waals surface area contributed by atoms with Gasteiger partial charge in [-0.2, -0.15) is 0 Å². The van der Waals surface area contributed by atoms with Crippen molar-refractivity contribution < 1.29 is 0 Å². The molecule has 1 aromatic carbocycles. The van der Waals surface area contributed by atoms with Crippen LogP contribution in [-0.2, 0) is 13.0 Å². The molecule has 0 bridgehead atoms. The van der Waals surface area contributed by atoms with Crippen LogP contribution in [0, 0.1) is 14.9 Å². The van der Waals surface area contributed by atoms with Crippen molar-refractivity contribution in [3.8, 4) is 0 Å². The van der Waals surface area contributed by atoms with Gasteiger partial charge in [-0.1, -0.05) is 27.7 Å². The minimum absolute atomic E-state index is 0.290. The lowest BCUT2D eigenvalue weighted by Gasteiger charge is -2.28. The summed E-state index contributed by atoms with van der Waals surface area (Å²) < 4.78 is 3.57. The van der Waals surface area contributed by atoms with Crippen LogP contribution in [0.4, 0.5) is 0 Å². The molecule has 0 N–H and O–H groups in total. The molecule has 2 aromatic rings. The zero-order valence-corrected chi connectivity index (χ0v) is 15.5. The first kappa shape index (κ1) is 16.1. The summed E-state index contributed by atoms with van der Waals surface area (Å²) in [5.74, 6) is 2.30. The van der Waals surface area contributed by atoms with E-state index in [9.17, 15) is 0 Å². The highest BCUT2D eigenvalue weighted by atomic mass is 127. The van der Waals surface area contributed by atoms with Gasteiger partial charge in [0.25, 0.3) is 0 Å². The molecule has 0 fully saturated rings. The number of imidazole rings is 1. The van der Waals surface area contributed by atoms with Crippen molar-refractivity contribution in [1.82, 2.24) is 9.55 Å². The van der Waals surface area contributed by atoms with Gasteiger partial charge in [0.2, 0.25) is 0 Å². The maximum Gasteiger partial charge on any atom is 0.111 e. The number of alkyl halides is 1. The molecule has 4 heteroatoms. The van der Waals surface area contributed by atoms with E-state index >= 15 is 0 Å². The zero-order chi connectivity index (χ0) is 14.9. The van der Waals surface area contributed by atoms with Crippen molar-refractivity contribution in [3.05, 3.63) is 27.6 Å². The molecule has 1 atom stereocenters. The zero-order valence-electron chi connectivity index (χ0n) is 12.6. The van der Waals surface area contributed by atoms with Crippen molar-refractivity contribution in [2.75, 3.05) is 5.88 Å². The van der Waals surface area contributed by atoms with Crippen LogP contribution in [0.5, 0.6) is 0 Å². The fraction of sp³-hybridized carbons (Fsp3) is 0.562. The summed E-state index contributed by atoms with van der Waals surface area (Å²) in [4.78, 5) is 4.77. The topological polar surface area (TPSA) is 17.8 Å². The fourth-order valence-corrected chi connectivity index (χ4v) is 2.82. The normalized spacial score (nSPS) is 13.9. The molecule has 110 valence electrons. The molecule has 0 radical (unpaired) electrons. The summed E-state index contributed by atoms with van der Waals surface area (Å²) in [6.07, 6.45) is 0.823. The van der Waals surface area contributed by atoms with E-state index in [0.717, 1.165) is 24.3 Å². The number of benzene rings is 1. The average Bonchev–Trinajstić information content (AvgIpc) is 2.66. The number of halogens is 2. The Morgan fingerprint density at radius 1 is 1.35 bits per heavy atom. The molecule has 1 unspecified atom stereocenters. The summed E-state index contributed by atoms with van der Waals surface area (Å²) >= 11 is 8.27. The Bertz CT molecular complexity index is 598. The van der Waals surface area contributed by atoms with E-state index in [2.05, 4.69) is 73.1 Å². The smallest absolute Gasteiger partial charge is 0.111 e. The van der Waals surface area contributed by atoms with Gasteiger partial charge in [-0.25, -0.2) is 4.98 Å². The Kier molecular flexibility index (Phi) is 5.00. The van der Waals surface area contributed by atoms with Gasteiger partial charge < -0.3 is 4.57 Å². The first-order valence-corrected chi connectivity index (χ1v) is 8.65. The third kappa shape index (κ3) is 3.48. The highest BCUT2D eigenvalue weighted by Gasteiger charge is 2.22. The van der Waals surface area contributed by atoms with Crippen molar-refractivity contribution >= 4 is 45.2 Å². The molecular formula is C16H22ClIN2. The third-order valence-corrected chi connectivity index (χ3v) is 4.90. The molecule has 0 saturated heterocycles. The summed E-state index contributed by atoms with van der Waals surface area (Å²) in [7, 11) is 0. The molecule has 0 aliphatic rings. The molecule has 0 amide bonds. The molecule has 0 aliphatic heterocycles. The Balaban J connectivity index is 2.46. The van der Waals surface area contributed by atoms with Crippen LogP contribution in [0.1, 0.15) is 33.5 Å². The summed E-state index contributed by atoms with van der Waals surface area (Å²) in [6, 6.07) is 6.47. The van der Waals surface area contributed by atoms with E-state index in [0.29, 0.717) is 11.8 Å². The van der Waals surface area contributed by atoms with Crippen LogP contribution in [-0.4, -0.2) is 15.4 Å². The number of aromatic nitrogens is 2.